The van der Waals surface area contributed by atoms with Crippen LogP contribution >= 0.6 is 0 Å². The lowest BCUT2D eigenvalue weighted by atomic mass is 9.89. The van der Waals surface area contributed by atoms with Crippen LogP contribution < -0.4 is 11.1 Å². The van der Waals surface area contributed by atoms with Gasteiger partial charge in [-0.2, -0.15) is 5.26 Å². The van der Waals surface area contributed by atoms with Crippen molar-refractivity contribution >= 4 is 17.5 Å². The molecule has 0 spiro atoms. The molecule has 4 rings (SSSR count). The highest BCUT2D eigenvalue weighted by atomic mass is 16.2. The second-order valence-corrected chi connectivity index (χ2v) is 9.31. The third-order valence-electron chi connectivity index (χ3n) is 6.98. The smallest absolute Gasteiger partial charge is 0.254 e. The molecule has 2 saturated carbocycles. The Morgan fingerprint density at radius 2 is 1.70 bits per heavy atom. The van der Waals surface area contributed by atoms with Crippen molar-refractivity contribution in [1.82, 2.24) is 4.90 Å². The molecule has 3 N–H and O–H groups in total. The monoisotopic (exact) mass is 444 g/mol. The van der Waals surface area contributed by atoms with E-state index in [0.29, 0.717) is 17.7 Å². The summed E-state index contributed by atoms with van der Waals surface area (Å²) in [4.78, 5) is 28.0. The van der Waals surface area contributed by atoms with Crippen molar-refractivity contribution in [2.24, 2.45) is 11.7 Å². The number of nitriles is 1. The minimum Gasteiger partial charge on any atom is -0.330 e. The topological polar surface area (TPSA) is 99.2 Å². The van der Waals surface area contributed by atoms with Gasteiger partial charge in [-0.15, -0.1) is 0 Å². The lowest BCUT2D eigenvalue weighted by Crippen LogP contribution is -2.51. The van der Waals surface area contributed by atoms with Crippen LogP contribution in [0.1, 0.15) is 72.9 Å². The molecular formula is C27H32N4O2. The minimum absolute atomic E-state index is 0.0429. The number of rotatable bonds is 6. The van der Waals surface area contributed by atoms with E-state index in [2.05, 4.69) is 11.4 Å². The number of hydrogen-bond donors (Lipinski definition) is 2. The summed E-state index contributed by atoms with van der Waals surface area (Å²) in [5, 5.41) is 12.1. The summed E-state index contributed by atoms with van der Waals surface area (Å²) in [6.07, 6.45) is 8.06. The van der Waals surface area contributed by atoms with E-state index in [4.69, 9.17) is 11.0 Å². The molecule has 2 aromatic rings. The molecule has 2 aliphatic rings. The molecule has 2 fully saturated rings. The molecule has 2 aromatic carbocycles. The Labute approximate surface area is 195 Å². The summed E-state index contributed by atoms with van der Waals surface area (Å²) in [6, 6.07) is 16.5. The van der Waals surface area contributed by atoms with E-state index in [9.17, 15) is 9.59 Å². The van der Waals surface area contributed by atoms with E-state index in [1.54, 1.807) is 24.3 Å². The van der Waals surface area contributed by atoms with E-state index >= 15 is 0 Å². The Hall–Kier alpha value is -3.17. The zero-order valence-electron chi connectivity index (χ0n) is 19.0. The van der Waals surface area contributed by atoms with Crippen molar-refractivity contribution in [2.75, 3.05) is 5.32 Å². The fourth-order valence-electron chi connectivity index (χ4n) is 5.10. The van der Waals surface area contributed by atoms with Crippen LogP contribution in [0, 0.1) is 17.2 Å². The number of nitrogens with one attached hydrogen (secondary N) is 1. The predicted molar refractivity (Wildman–Crippen MR) is 128 cm³/mol. The van der Waals surface area contributed by atoms with Crippen molar-refractivity contribution < 1.29 is 9.59 Å². The molecule has 0 saturated heterocycles. The number of benzene rings is 2. The minimum atomic E-state index is -0.0813. The lowest BCUT2D eigenvalue weighted by Gasteiger charge is -2.38. The van der Waals surface area contributed by atoms with Gasteiger partial charge in [0, 0.05) is 35.8 Å². The molecule has 172 valence electrons. The number of anilines is 1. The van der Waals surface area contributed by atoms with E-state index in [1.807, 2.05) is 29.2 Å². The molecule has 0 aromatic heterocycles. The molecule has 0 aliphatic heterocycles. The molecule has 6 heteroatoms. The first kappa shape index (κ1) is 23.0. The van der Waals surface area contributed by atoms with Gasteiger partial charge in [-0.3, -0.25) is 9.59 Å². The first-order chi connectivity index (χ1) is 16.0. The predicted octanol–water partition coefficient (Wildman–Crippen LogP) is 4.60. The lowest BCUT2D eigenvalue weighted by molar-refractivity contribution is -0.119. The number of carbonyl (C=O) groups excluding carboxylic acids is 2. The van der Waals surface area contributed by atoms with Crippen LogP contribution in [0.4, 0.5) is 5.69 Å². The summed E-state index contributed by atoms with van der Waals surface area (Å²) in [6.45, 7) is 0.421. The van der Waals surface area contributed by atoms with Crippen molar-refractivity contribution in [3.05, 3.63) is 65.2 Å². The van der Waals surface area contributed by atoms with E-state index < -0.39 is 0 Å². The maximum absolute atomic E-state index is 13.5. The summed E-state index contributed by atoms with van der Waals surface area (Å²) in [7, 11) is 0. The number of hydrogen-bond acceptors (Lipinski definition) is 4. The van der Waals surface area contributed by atoms with Gasteiger partial charge in [-0.25, -0.2) is 0 Å². The Kier molecular flexibility index (Phi) is 7.41. The number of nitrogens with two attached hydrogens (primary N) is 1. The Morgan fingerprint density at radius 1 is 1.00 bits per heavy atom. The van der Waals surface area contributed by atoms with E-state index in [1.165, 1.54) is 0 Å². The first-order valence-corrected chi connectivity index (χ1v) is 12.0. The second kappa shape index (κ2) is 10.6. The third kappa shape index (κ3) is 5.61. The molecule has 0 bridgehead atoms. The fourth-order valence-corrected chi connectivity index (χ4v) is 5.10. The SMILES string of the molecule is N#Cc1ccc(C(=O)N(Cc2cccc(NC(=O)C3CCCC3)c2)C2CCCCC2N)cc1. The molecule has 6 nitrogen and oxygen atoms in total. The Balaban J connectivity index is 1.55. The van der Waals surface area contributed by atoms with Gasteiger partial charge in [0.05, 0.1) is 11.6 Å². The first-order valence-electron chi connectivity index (χ1n) is 12.0. The van der Waals surface area contributed by atoms with Gasteiger partial charge in [0.15, 0.2) is 0 Å². The van der Waals surface area contributed by atoms with Crippen LogP contribution in [-0.4, -0.2) is 28.8 Å². The van der Waals surface area contributed by atoms with Crippen molar-refractivity contribution in [3.63, 3.8) is 0 Å². The van der Waals surface area contributed by atoms with Gasteiger partial charge in [-0.05, 0) is 67.6 Å². The van der Waals surface area contributed by atoms with Crippen molar-refractivity contribution in [2.45, 2.75) is 70.0 Å². The van der Waals surface area contributed by atoms with E-state index in [-0.39, 0.29) is 29.8 Å². The van der Waals surface area contributed by atoms with Gasteiger partial charge >= 0.3 is 0 Å². The van der Waals surface area contributed by atoms with Gasteiger partial charge in [0.2, 0.25) is 5.91 Å². The van der Waals surface area contributed by atoms with Gasteiger partial charge in [0.1, 0.15) is 0 Å². The van der Waals surface area contributed by atoms with Crippen LogP contribution in [0.5, 0.6) is 0 Å². The zero-order chi connectivity index (χ0) is 23.2. The molecule has 2 amide bonds. The molecule has 2 atom stereocenters. The van der Waals surface area contributed by atoms with Crippen molar-refractivity contribution in [3.8, 4) is 6.07 Å². The molecule has 33 heavy (non-hydrogen) atoms. The number of amides is 2. The van der Waals surface area contributed by atoms with Crippen LogP contribution in [0.15, 0.2) is 48.5 Å². The van der Waals surface area contributed by atoms with Gasteiger partial charge < -0.3 is 16.0 Å². The zero-order valence-corrected chi connectivity index (χ0v) is 19.0. The number of nitrogens with zero attached hydrogens (tertiary/aromatic N) is 2. The Bertz CT molecular complexity index is 1020. The van der Waals surface area contributed by atoms with Crippen LogP contribution in [0.25, 0.3) is 0 Å². The highest BCUT2D eigenvalue weighted by molar-refractivity contribution is 5.95. The largest absolute Gasteiger partial charge is 0.330 e. The average Bonchev–Trinajstić information content (AvgIpc) is 3.38. The fraction of sp³-hybridized carbons (Fsp3) is 0.444. The van der Waals surface area contributed by atoms with E-state index in [0.717, 1.165) is 62.6 Å². The normalized spacial score (nSPS) is 20.7. The Morgan fingerprint density at radius 3 is 2.39 bits per heavy atom. The van der Waals surface area contributed by atoms with Crippen LogP contribution in [0.3, 0.4) is 0 Å². The molecule has 0 radical (unpaired) electrons. The number of carbonyl (C=O) groups is 2. The maximum Gasteiger partial charge on any atom is 0.254 e. The van der Waals surface area contributed by atoms with Crippen LogP contribution in [0.2, 0.25) is 0 Å². The summed E-state index contributed by atoms with van der Waals surface area (Å²) in [5.74, 6) is 0.107. The molecule has 2 unspecified atom stereocenters. The third-order valence-corrected chi connectivity index (χ3v) is 6.98. The summed E-state index contributed by atoms with van der Waals surface area (Å²) >= 11 is 0. The summed E-state index contributed by atoms with van der Waals surface area (Å²) < 4.78 is 0. The summed E-state index contributed by atoms with van der Waals surface area (Å²) in [5.41, 5.74) is 9.27. The second-order valence-electron chi connectivity index (χ2n) is 9.31. The standard InChI is InChI=1S/C27H32N4O2/c28-17-19-12-14-22(15-13-19)27(33)31(25-11-4-3-10-24(25)29)18-20-6-5-9-23(16-20)30-26(32)21-7-1-2-8-21/h5-6,9,12-16,21,24-25H,1-4,7-8,10-11,18,29H2,(H,30,32). The van der Waals surface area contributed by atoms with Crippen molar-refractivity contribution in [1.29, 1.82) is 5.26 Å². The van der Waals surface area contributed by atoms with Crippen LogP contribution in [-0.2, 0) is 11.3 Å². The molecular weight excluding hydrogens is 412 g/mol. The molecule has 2 aliphatic carbocycles. The average molecular weight is 445 g/mol. The van der Waals surface area contributed by atoms with Gasteiger partial charge in [0.25, 0.3) is 5.91 Å². The maximum atomic E-state index is 13.5. The quantitative estimate of drug-likeness (QED) is 0.680. The molecule has 0 heterocycles. The van der Waals surface area contributed by atoms with Gasteiger partial charge in [-0.1, -0.05) is 37.8 Å². The highest BCUT2D eigenvalue weighted by Gasteiger charge is 2.31. The highest BCUT2D eigenvalue weighted by Crippen LogP contribution is 2.28.